The van der Waals surface area contributed by atoms with E-state index in [2.05, 4.69) is 35.6 Å². The summed E-state index contributed by atoms with van der Waals surface area (Å²) in [5, 5.41) is -0.305. The van der Waals surface area contributed by atoms with Gasteiger partial charge in [0.25, 0.3) is 0 Å². The molecule has 0 aromatic carbocycles. The lowest BCUT2D eigenvalue weighted by Crippen LogP contribution is -2.38. The van der Waals surface area contributed by atoms with Gasteiger partial charge in [0, 0.05) is 43.9 Å². The van der Waals surface area contributed by atoms with Crippen molar-refractivity contribution in [2.75, 3.05) is 37.6 Å². The van der Waals surface area contributed by atoms with Crippen LogP contribution in [-0.2, 0) is 15.6 Å². The predicted molar refractivity (Wildman–Crippen MR) is 108 cm³/mol. The molecule has 1 aromatic heterocycles. The quantitative estimate of drug-likeness (QED) is 0.784. The summed E-state index contributed by atoms with van der Waals surface area (Å²) in [5.41, 5.74) is 1.81. The van der Waals surface area contributed by atoms with Crippen molar-refractivity contribution in [3.05, 3.63) is 17.5 Å². The molecule has 0 aliphatic carbocycles. The highest BCUT2D eigenvalue weighted by Crippen LogP contribution is 2.39. The van der Waals surface area contributed by atoms with E-state index in [1.54, 1.807) is 6.20 Å². The first-order valence-corrected chi connectivity index (χ1v) is 12.1. The lowest BCUT2D eigenvalue weighted by molar-refractivity contribution is 0.310. The van der Waals surface area contributed by atoms with Gasteiger partial charge in [-0.25, -0.2) is 18.4 Å². The van der Waals surface area contributed by atoms with Gasteiger partial charge in [0.1, 0.15) is 0 Å². The van der Waals surface area contributed by atoms with E-state index >= 15 is 0 Å². The van der Waals surface area contributed by atoms with Crippen molar-refractivity contribution in [1.82, 2.24) is 14.9 Å². The number of aromatic nitrogens is 2. The molecule has 3 aliphatic heterocycles. The van der Waals surface area contributed by atoms with Crippen LogP contribution in [0.5, 0.6) is 0 Å². The van der Waals surface area contributed by atoms with Crippen LogP contribution in [0.3, 0.4) is 0 Å². The van der Waals surface area contributed by atoms with Crippen molar-refractivity contribution in [1.29, 1.82) is 0 Å². The van der Waals surface area contributed by atoms with Gasteiger partial charge in [0.15, 0.2) is 9.84 Å². The molecule has 0 saturated carbocycles. The molecular weight excluding hydrogens is 360 g/mol. The molecule has 0 unspecified atom stereocenters. The minimum absolute atomic E-state index is 0.00474. The van der Waals surface area contributed by atoms with Crippen molar-refractivity contribution in [3.8, 4) is 0 Å². The van der Waals surface area contributed by atoms with Gasteiger partial charge >= 0.3 is 0 Å². The summed E-state index contributed by atoms with van der Waals surface area (Å²) < 4.78 is 25.7. The Morgan fingerprint density at radius 3 is 2.81 bits per heavy atom. The second kappa shape index (κ2) is 7.32. The van der Waals surface area contributed by atoms with Gasteiger partial charge in [-0.05, 0) is 37.6 Å². The SMILES string of the molecule is CC(C)CCN1C[C@@H]2c3nc(N4CCC[C@H](C)C4)ncc3CS(=O)(=O)[C@@H]2C1. The van der Waals surface area contributed by atoms with Crippen molar-refractivity contribution in [2.45, 2.75) is 57.0 Å². The molecule has 4 rings (SSSR count). The van der Waals surface area contributed by atoms with Crippen LogP contribution in [0.1, 0.15) is 57.2 Å². The van der Waals surface area contributed by atoms with Crippen molar-refractivity contribution >= 4 is 15.8 Å². The molecule has 0 radical (unpaired) electrons. The second-order valence-corrected chi connectivity index (χ2v) is 11.4. The number of hydrogen-bond acceptors (Lipinski definition) is 6. The van der Waals surface area contributed by atoms with Crippen LogP contribution >= 0.6 is 0 Å². The van der Waals surface area contributed by atoms with Crippen LogP contribution in [0.15, 0.2) is 6.20 Å². The van der Waals surface area contributed by atoms with Crippen LogP contribution in [0.25, 0.3) is 0 Å². The van der Waals surface area contributed by atoms with Gasteiger partial charge in [-0.2, -0.15) is 0 Å². The van der Waals surface area contributed by atoms with E-state index in [0.29, 0.717) is 18.4 Å². The zero-order chi connectivity index (χ0) is 19.2. The molecule has 0 N–H and O–H groups in total. The largest absolute Gasteiger partial charge is 0.341 e. The van der Waals surface area contributed by atoms with Gasteiger partial charge in [0.05, 0.1) is 16.7 Å². The monoisotopic (exact) mass is 392 g/mol. The van der Waals surface area contributed by atoms with Crippen LogP contribution < -0.4 is 4.90 Å². The van der Waals surface area contributed by atoms with E-state index in [1.165, 1.54) is 12.8 Å². The number of piperidine rings is 1. The van der Waals surface area contributed by atoms with E-state index in [-0.39, 0.29) is 16.9 Å². The predicted octanol–water partition coefficient (Wildman–Crippen LogP) is 2.46. The van der Waals surface area contributed by atoms with E-state index in [9.17, 15) is 8.42 Å². The topological polar surface area (TPSA) is 66.4 Å². The van der Waals surface area contributed by atoms with Gasteiger partial charge in [0.2, 0.25) is 5.95 Å². The highest BCUT2D eigenvalue weighted by atomic mass is 32.2. The lowest BCUT2D eigenvalue weighted by atomic mass is 9.99. The highest BCUT2D eigenvalue weighted by molar-refractivity contribution is 7.91. The van der Waals surface area contributed by atoms with E-state index in [4.69, 9.17) is 4.98 Å². The maximum atomic E-state index is 12.8. The summed E-state index contributed by atoms with van der Waals surface area (Å²) in [6, 6.07) is 0. The average Bonchev–Trinajstić information content (AvgIpc) is 3.05. The van der Waals surface area contributed by atoms with Gasteiger partial charge < -0.3 is 9.80 Å². The first kappa shape index (κ1) is 19.1. The highest BCUT2D eigenvalue weighted by Gasteiger charge is 2.47. The number of likely N-dealkylation sites (tertiary alicyclic amines) is 1. The maximum Gasteiger partial charge on any atom is 0.225 e. The number of anilines is 1. The molecule has 0 bridgehead atoms. The molecule has 1 aromatic rings. The van der Waals surface area contributed by atoms with E-state index in [1.807, 2.05) is 0 Å². The molecule has 4 heterocycles. The lowest BCUT2D eigenvalue weighted by Gasteiger charge is -2.32. The smallest absolute Gasteiger partial charge is 0.225 e. The minimum atomic E-state index is -3.13. The van der Waals surface area contributed by atoms with Gasteiger partial charge in [-0.3, -0.25) is 0 Å². The number of nitrogens with zero attached hydrogens (tertiary/aromatic N) is 4. The standard InChI is InChI=1S/C20H32N4O2S/c1-14(2)6-8-23-11-17-18(12-23)27(25,26)13-16-9-21-20(22-19(16)17)24-7-4-5-15(3)10-24/h9,14-15,17-18H,4-8,10-13H2,1-3H3/t15-,17-,18+/m0/s1. The molecule has 3 atom stereocenters. The Hall–Kier alpha value is -1.21. The second-order valence-electron chi connectivity index (χ2n) is 9.17. The van der Waals surface area contributed by atoms with Crippen LogP contribution in [0, 0.1) is 11.8 Å². The molecule has 6 nitrogen and oxygen atoms in total. The van der Waals surface area contributed by atoms with E-state index in [0.717, 1.165) is 49.8 Å². The van der Waals surface area contributed by atoms with E-state index < -0.39 is 9.84 Å². The Morgan fingerprint density at radius 1 is 1.26 bits per heavy atom. The summed E-state index contributed by atoms with van der Waals surface area (Å²) in [6.45, 7) is 11.1. The number of hydrogen-bond donors (Lipinski definition) is 0. The summed E-state index contributed by atoms with van der Waals surface area (Å²) in [5.74, 6) is 2.17. The van der Waals surface area contributed by atoms with Crippen LogP contribution in [-0.4, -0.2) is 61.3 Å². The zero-order valence-corrected chi connectivity index (χ0v) is 17.6. The Balaban J connectivity index is 1.61. The molecule has 2 saturated heterocycles. The number of fused-ring (bicyclic) bond motifs is 3. The average molecular weight is 393 g/mol. The van der Waals surface area contributed by atoms with Crippen molar-refractivity contribution in [2.24, 2.45) is 11.8 Å². The first-order chi connectivity index (χ1) is 12.8. The van der Waals surface area contributed by atoms with Crippen molar-refractivity contribution in [3.63, 3.8) is 0 Å². The Bertz CT molecular complexity index is 795. The molecular formula is C20H32N4O2S. The van der Waals surface area contributed by atoms with Gasteiger partial charge in [-0.1, -0.05) is 20.8 Å². The molecule has 27 heavy (non-hydrogen) atoms. The third kappa shape index (κ3) is 3.86. The summed E-state index contributed by atoms with van der Waals surface area (Å²) in [7, 11) is -3.13. The molecule has 150 valence electrons. The molecule has 0 amide bonds. The fraction of sp³-hybridized carbons (Fsp3) is 0.800. The molecule has 7 heteroatoms. The van der Waals surface area contributed by atoms with Crippen LogP contribution in [0.4, 0.5) is 5.95 Å². The third-order valence-electron chi connectivity index (χ3n) is 6.36. The third-order valence-corrected chi connectivity index (χ3v) is 8.47. The fourth-order valence-corrected chi connectivity index (χ4v) is 6.81. The Morgan fingerprint density at radius 2 is 2.07 bits per heavy atom. The molecule has 2 fully saturated rings. The maximum absolute atomic E-state index is 12.8. The normalized spacial score (nSPS) is 30.4. The Labute approximate surface area is 163 Å². The summed E-state index contributed by atoms with van der Waals surface area (Å²) >= 11 is 0. The summed E-state index contributed by atoms with van der Waals surface area (Å²) in [4.78, 5) is 14.1. The number of sulfone groups is 1. The zero-order valence-electron chi connectivity index (χ0n) is 16.8. The summed E-state index contributed by atoms with van der Waals surface area (Å²) in [6.07, 6.45) is 5.31. The Kier molecular flexibility index (Phi) is 5.18. The molecule has 0 spiro atoms. The van der Waals surface area contributed by atoms with Gasteiger partial charge in [-0.15, -0.1) is 0 Å². The minimum Gasteiger partial charge on any atom is -0.341 e. The fourth-order valence-electron chi connectivity index (χ4n) is 4.79. The number of rotatable bonds is 4. The van der Waals surface area contributed by atoms with Crippen molar-refractivity contribution < 1.29 is 8.42 Å². The first-order valence-electron chi connectivity index (χ1n) is 10.4. The van der Waals surface area contributed by atoms with Crippen LogP contribution in [0.2, 0.25) is 0 Å². The molecule has 3 aliphatic rings.